The van der Waals surface area contributed by atoms with Gasteiger partial charge in [-0.05, 0) is 36.2 Å². The molecule has 1 atom stereocenters. The molecule has 1 aliphatic rings. The number of hydrogen-bond donors (Lipinski definition) is 3. The normalized spacial score (nSPS) is 13.7. The third kappa shape index (κ3) is 3.29. The maximum atomic E-state index is 12.2. The number of carbonyl (C=O) groups is 2. The van der Waals surface area contributed by atoms with Crippen molar-refractivity contribution in [3.63, 3.8) is 0 Å². The van der Waals surface area contributed by atoms with Gasteiger partial charge in [0.25, 0.3) is 0 Å². The summed E-state index contributed by atoms with van der Waals surface area (Å²) in [5.41, 5.74) is 3.20. The number of amides is 3. The first-order valence-corrected chi connectivity index (χ1v) is 7.56. The van der Waals surface area contributed by atoms with E-state index in [9.17, 15) is 9.59 Å². The summed E-state index contributed by atoms with van der Waals surface area (Å²) in [4.78, 5) is 27.6. The molecule has 2 aromatic rings. The Bertz CT molecular complexity index is 791. The lowest BCUT2D eigenvalue weighted by Crippen LogP contribution is -2.31. The first-order valence-electron chi connectivity index (χ1n) is 7.56. The summed E-state index contributed by atoms with van der Waals surface area (Å²) in [6, 6.07) is 8.53. The van der Waals surface area contributed by atoms with Crippen LogP contribution in [0.4, 0.5) is 16.2 Å². The monoisotopic (exact) mass is 326 g/mol. The largest absolute Gasteiger partial charge is 0.480 e. The van der Waals surface area contributed by atoms with Gasteiger partial charge in [0.2, 0.25) is 11.8 Å². The molecular formula is C17H18N4O3. The third-order valence-electron chi connectivity index (χ3n) is 3.81. The Hall–Kier alpha value is -3.09. The lowest BCUT2D eigenvalue weighted by molar-refractivity contribution is -0.115. The van der Waals surface area contributed by atoms with Crippen LogP contribution >= 0.6 is 0 Å². The molecule has 0 saturated heterocycles. The minimum Gasteiger partial charge on any atom is -0.480 e. The summed E-state index contributed by atoms with van der Waals surface area (Å²) in [7, 11) is 1.49. The highest BCUT2D eigenvalue weighted by Crippen LogP contribution is 2.26. The summed E-state index contributed by atoms with van der Waals surface area (Å²) in [6.45, 7) is 1.88. The van der Waals surface area contributed by atoms with Gasteiger partial charge in [-0.1, -0.05) is 12.1 Å². The second kappa shape index (κ2) is 6.57. The van der Waals surface area contributed by atoms with Crippen molar-refractivity contribution in [3.8, 4) is 5.88 Å². The number of rotatable bonds is 4. The third-order valence-corrected chi connectivity index (χ3v) is 3.81. The molecule has 1 aromatic carbocycles. The van der Waals surface area contributed by atoms with Crippen molar-refractivity contribution in [2.24, 2.45) is 0 Å². The second-order valence-electron chi connectivity index (χ2n) is 5.52. The molecule has 7 nitrogen and oxygen atoms in total. The number of anilines is 2. The molecule has 3 rings (SSSR count). The number of carbonyl (C=O) groups excluding carboxylic acids is 2. The van der Waals surface area contributed by atoms with Gasteiger partial charge in [-0.25, -0.2) is 9.78 Å². The van der Waals surface area contributed by atoms with Gasteiger partial charge in [0.15, 0.2) is 0 Å². The molecule has 3 amide bonds. The van der Waals surface area contributed by atoms with Crippen LogP contribution in [-0.4, -0.2) is 24.0 Å². The lowest BCUT2D eigenvalue weighted by Gasteiger charge is -2.16. The Morgan fingerprint density at radius 3 is 3.00 bits per heavy atom. The predicted octanol–water partition coefficient (Wildman–Crippen LogP) is 2.47. The molecule has 0 unspecified atom stereocenters. The number of fused-ring (bicyclic) bond motifs is 1. The number of nitrogens with zero attached hydrogens (tertiary/aromatic N) is 1. The first-order chi connectivity index (χ1) is 11.6. The topological polar surface area (TPSA) is 92.3 Å². The number of methoxy groups -OCH3 is 1. The molecule has 3 N–H and O–H groups in total. The van der Waals surface area contributed by atoms with E-state index in [1.54, 1.807) is 18.3 Å². The van der Waals surface area contributed by atoms with E-state index < -0.39 is 0 Å². The van der Waals surface area contributed by atoms with Crippen molar-refractivity contribution in [1.82, 2.24) is 10.3 Å². The number of nitrogens with one attached hydrogen (secondary N) is 3. The van der Waals surface area contributed by atoms with E-state index in [-0.39, 0.29) is 18.0 Å². The van der Waals surface area contributed by atoms with Gasteiger partial charge in [-0.2, -0.15) is 0 Å². The Kier molecular flexibility index (Phi) is 4.33. The summed E-state index contributed by atoms with van der Waals surface area (Å²) in [5.74, 6) is 0.339. The van der Waals surface area contributed by atoms with Crippen LogP contribution in [0.3, 0.4) is 0 Å². The second-order valence-corrected chi connectivity index (χ2v) is 5.52. The highest BCUT2D eigenvalue weighted by molar-refractivity contribution is 5.99. The van der Waals surface area contributed by atoms with Crippen LogP contribution in [0.5, 0.6) is 5.88 Å². The van der Waals surface area contributed by atoms with Crippen LogP contribution in [-0.2, 0) is 11.2 Å². The van der Waals surface area contributed by atoms with E-state index in [1.165, 1.54) is 7.11 Å². The van der Waals surface area contributed by atoms with Crippen molar-refractivity contribution in [1.29, 1.82) is 0 Å². The van der Waals surface area contributed by atoms with Gasteiger partial charge in [-0.3, -0.25) is 4.79 Å². The predicted molar refractivity (Wildman–Crippen MR) is 90.1 cm³/mol. The van der Waals surface area contributed by atoms with Crippen molar-refractivity contribution >= 4 is 23.3 Å². The number of urea groups is 1. The molecule has 2 heterocycles. The molecule has 124 valence electrons. The minimum atomic E-state index is -0.358. The maximum absolute atomic E-state index is 12.2. The van der Waals surface area contributed by atoms with E-state index >= 15 is 0 Å². The lowest BCUT2D eigenvalue weighted by atomic mass is 10.0. The molecule has 7 heteroatoms. The highest BCUT2D eigenvalue weighted by atomic mass is 16.5. The van der Waals surface area contributed by atoms with Gasteiger partial charge in [0, 0.05) is 11.9 Å². The average molecular weight is 326 g/mol. The molecule has 0 radical (unpaired) electrons. The van der Waals surface area contributed by atoms with Crippen molar-refractivity contribution in [3.05, 3.63) is 47.7 Å². The fourth-order valence-electron chi connectivity index (χ4n) is 2.61. The van der Waals surface area contributed by atoms with Crippen molar-refractivity contribution in [2.75, 3.05) is 17.7 Å². The van der Waals surface area contributed by atoms with E-state index in [2.05, 4.69) is 20.9 Å². The number of benzene rings is 1. The summed E-state index contributed by atoms with van der Waals surface area (Å²) in [5, 5.41) is 8.37. The fourth-order valence-corrected chi connectivity index (χ4v) is 2.61. The SMILES string of the molecule is COc1ncccc1NC(=O)N[C@@H](C)c1ccc2c(c1)CC(=O)N2. The number of aromatic nitrogens is 1. The van der Waals surface area contributed by atoms with Crippen molar-refractivity contribution in [2.45, 2.75) is 19.4 Å². The van der Waals surface area contributed by atoms with Crippen LogP contribution in [0.2, 0.25) is 0 Å². The first kappa shape index (κ1) is 15.8. The molecule has 0 saturated carbocycles. The highest BCUT2D eigenvalue weighted by Gasteiger charge is 2.19. The molecule has 24 heavy (non-hydrogen) atoms. The van der Waals surface area contributed by atoms with Gasteiger partial charge in [-0.15, -0.1) is 0 Å². The molecule has 0 spiro atoms. The van der Waals surface area contributed by atoms with E-state index in [0.717, 1.165) is 16.8 Å². The minimum absolute atomic E-state index is 0.0100. The summed E-state index contributed by atoms with van der Waals surface area (Å²) < 4.78 is 5.10. The fraction of sp³-hybridized carbons (Fsp3) is 0.235. The average Bonchev–Trinajstić information content (AvgIpc) is 2.94. The zero-order valence-corrected chi connectivity index (χ0v) is 13.4. The molecule has 0 fully saturated rings. The smallest absolute Gasteiger partial charge is 0.319 e. The standard InChI is InChI=1S/C17H18N4O3/c1-10(11-5-6-13-12(8-11)9-15(22)20-13)19-17(23)21-14-4-3-7-18-16(14)24-2/h3-8,10H,9H2,1-2H3,(H,20,22)(H2,19,21,23)/t10-/m0/s1. The van der Waals surface area contributed by atoms with Gasteiger partial charge < -0.3 is 20.7 Å². The molecule has 0 bridgehead atoms. The van der Waals surface area contributed by atoms with Crippen molar-refractivity contribution < 1.29 is 14.3 Å². The zero-order chi connectivity index (χ0) is 17.1. The molecule has 1 aliphatic heterocycles. The van der Waals surface area contributed by atoms with Crippen LogP contribution in [0.15, 0.2) is 36.5 Å². The Labute approximate surface area is 139 Å². The Morgan fingerprint density at radius 2 is 2.21 bits per heavy atom. The van der Waals surface area contributed by atoms with E-state index in [0.29, 0.717) is 18.0 Å². The van der Waals surface area contributed by atoms with Gasteiger partial charge in [0.05, 0.1) is 19.6 Å². The molecule has 0 aliphatic carbocycles. The Morgan fingerprint density at radius 1 is 1.38 bits per heavy atom. The molecule has 1 aromatic heterocycles. The van der Waals surface area contributed by atoms with Gasteiger partial charge >= 0.3 is 6.03 Å². The zero-order valence-electron chi connectivity index (χ0n) is 13.4. The Balaban J connectivity index is 1.66. The van der Waals surface area contributed by atoms with Crippen LogP contribution in [0.25, 0.3) is 0 Å². The van der Waals surface area contributed by atoms with Crippen LogP contribution < -0.4 is 20.7 Å². The van der Waals surface area contributed by atoms with Gasteiger partial charge in [0.1, 0.15) is 5.69 Å². The van der Waals surface area contributed by atoms with Crippen LogP contribution in [0, 0.1) is 0 Å². The maximum Gasteiger partial charge on any atom is 0.319 e. The molecular weight excluding hydrogens is 308 g/mol. The van der Waals surface area contributed by atoms with E-state index in [4.69, 9.17) is 4.74 Å². The summed E-state index contributed by atoms with van der Waals surface area (Å²) in [6.07, 6.45) is 1.96. The quantitative estimate of drug-likeness (QED) is 0.805. The number of hydrogen-bond acceptors (Lipinski definition) is 4. The van der Waals surface area contributed by atoms with Crippen LogP contribution in [0.1, 0.15) is 24.1 Å². The van der Waals surface area contributed by atoms with E-state index in [1.807, 2.05) is 25.1 Å². The number of pyridine rings is 1. The summed E-state index contributed by atoms with van der Waals surface area (Å²) >= 11 is 0. The number of ether oxygens (including phenoxy) is 1.